The number of halogens is 2. The number of β-lactam (4-membered cyclic amide) rings is 1. The molecule has 0 spiro atoms. The van der Waals surface area contributed by atoms with E-state index in [0.29, 0.717) is 45.0 Å². The van der Waals surface area contributed by atoms with E-state index < -0.39 is 35.3 Å². The van der Waals surface area contributed by atoms with Gasteiger partial charge in [0, 0.05) is 44.9 Å². The lowest BCUT2D eigenvalue weighted by molar-refractivity contribution is -0.697. The van der Waals surface area contributed by atoms with Gasteiger partial charge in [-0.2, -0.15) is 0 Å². The minimum absolute atomic E-state index is 0.0165. The third kappa shape index (κ3) is 8.53. The van der Waals surface area contributed by atoms with Gasteiger partial charge in [-0.05, 0) is 30.2 Å². The fourth-order valence-electron chi connectivity index (χ4n) is 4.49. The summed E-state index contributed by atoms with van der Waals surface area (Å²) in [6.45, 7) is 0.558. The Kier molecular flexibility index (Phi) is 11.7. The van der Waals surface area contributed by atoms with Gasteiger partial charge in [0.25, 0.3) is 5.91 Å². The molecule has 12 nitrogen and oxygen atoms in total. The number of nitrogens with zero attached hydrogens (tertiary/aromatic N) is 3. The van der Waals surface area contributed by atoms with Crippen LogP contribution in [-0.2, 0) is 25.7 Å². The van der Waals surface area contributed by atoms with Crippen LogP contribution >= 0.6 is 58.5 Å². The number of carboxylic acid groups (broad SMARTS) is 2. The molecule has 0 saturated carbocycles. The third-order valence-corrected chi connectivity index (χ3v) is 10.7. The summed E-state index contributed by atoms with van der Waals surface area (Å²) in [5.41, 5.74) is 11.2. The van der Waals surface area contributed by atoms with Gasteiger partial charge in [-0.1, -0.05) is 23.2 Å². The topological polar surface area (TPSA) is 192 Å². The molecule has 4 rings (SSSR count). The van der Waals surface area contributed by atoms with Gasteiger partial charge in [-0.15, -0.1) is 35.3 Å². The predicted molar refractivity (Wildman–Crippen MR) is 171 cm³/mol. The van der Waals surface area contributed by atoms with Gasteiger partial charge in [-0.3, -0.25) is 14.5 Å². The van der Waals surface area contributed by atoms with Crippen molar-refractivity contribution < 1.29 is 34.0 Å². The summed E-state index contributed by atoms with van der Waals surface area (Å²) in [5, 5.41) is 22.4. The highest BCUT2D eigenvalue weighted by Gasteiger charge is 2.54. The molecule has 0 aliphatic carbocycles. The normalized spacial score (nSPS) is 18.2. The summed E-state index contributed by atoms with van der Waals surface area (Å²) < 4.78 is 1.90. The molecule has 1 saturated heterocycles. The molecule has 0 bridgehead atoms. The number of guanidine groups is 1. The molecule has 7 N–H and O–H groups in total. The van der Waals surface area contributed by atoms with Crippen molar-refractivity contribution in [3.05, 3.63) is 64.0 Å². The number of aryl methyl sites for hydroxylation is 1. The Morgan fingerprint density at radius 2 is 1.89 bits per heavy atom. The molecular weight excluding hydrogens is 671 g/mol. The van der Waals surface area contributed by atoms with E-state index in [0.717, 1.165) is 4.90 Å². The van der Waals surface area contributed by atoms with Gasteiger partial charge >= 0.3 is 11.9 Å². The number of aromatic nitrogens is 1. The Balaban J connectivity index is 1.30. The second kappa shape index (κ2) is 15.3. The molecule has 2 aliphatic heterocycles. The maximum atomic E-state index is 13.0. The number of carboxylic acids is 2. The smallest absolute Gasteiger partial charge is 0.352 e. The number of aliphatic imine (C=N–C) groups is 1. The number of hydrogen-bond donors (Lipinski definition) is 5. The van der Waals surface area contributed by atoms with E-state index in [1.54, 1.807) is 18.2 Å². The van der Waals surface area contributed by atoms with E-state index in [-0.39, 0.29) is 29.7 Å². The first-order valence-electron chi connectivity index (χ1n) is 13.1. The van der Waals surface area contributed by atoms with Crippen LogP contribution < -0.4 is 21.4 Å². The number of aliphatic carboxylic acids is 2. The first kappa shape index (κ1) is 33.8. The number of benzene rings is 1. The number of rotatable bonds is 14. The minimum atomic E-state index is -1.19. The molecule has 234 valence electrons. The largest absolute Gasteiger partial charge is 0.480 e. The van der Waals surface area contributed by atoms with Gasteiger partial charge in [-0.25, -0.2) is 19.1 Å². The summed E-state index contributed by atoms with van der Waals surface area (Å²) in [6, 6.07) is 6.88. The summed E-state index contributed by atoms with van der Waals surface area (Å²) >= 11 is 16.2. The quantitative estimate of drug-likeness (QED) is 0.0639. The van der Waals surface area contributed by atoms with E-state index in [1.165, 1.54) is 40.2 Å². The van der Waals surface area contributed by atoms with Crippen molar-refractivity contribution in [3.63, 3.8) is 0 Å². The Morgan fingerprint density at radius 1 is 1.16 bits per heavy atom. The van der Waals surface area contributed by atoms with Crippen LogP contribution in [0.1, 0.15) is 12.8 Å². The third-order valence-electron chi connectivity index (χ3n) is 6.58. The number of nitrogens with one attached hydrogen (secondary N) is 1. The van der Waals surface area contributed by atoms with E-state index >= 15 is 0 Å². The number of fused-ring (bicyclic) bond motifs is 1. The highest BCUT2D eigenvalue weighted by molar-refractivity contribution is 8.01. The van der Waals surface area contributed by atoms with Crippen LogP contribution in [0.3, 0.4) is 0 Å². The zero-order chi connectivity index (χ0) is 32.0. The van der Waals surface area contributed by atoms with Crippen molar-refractivity contribution in [2.75, 3.05) is 17.3 Å². The number of nitrogens with two attached hydrogens (primary N) is 2. The predicted octanol–water partition coefficient (Wildman–Crippen LogP) is 2.41. The molecule has 2 amide bonds. The van der Waals surface area contributed by atoms with Crippen LogP contribution in [0.15, 0.2) is 68.8 Å². The highest BCUT2D eigenvalue weighted by Crippen LogP contribution is 2.41. The minimum Gasteiger partial charge on any atom is -0.480 e. The highest BCUT2D eigenvalue weighted by atomic mass is 35.5. The van der Waals surface area contributed by atoms with E-state index in [1.807, 2.05) is 29.1 Å². The molecule has 3 heterocycles. The molecular formula is C27H29Cl2N6O6S3+. The number of amides is 2. The molecule has 2 aromatic rings. The lowest BCUT2D eigenvalue weighted by Gasteiger charge is -2.49. The summed E-state index contributed by atoms with van der Waals surface area (Å²) in [6.07, 6.45) is 4.51. The Hall–Kier alpha value is -3.11. The molecule has 2 aliphatic rings. The van der Waals surface area contributed by atoms with Gasteiger partial charge < -0.3 is 27.0 Å². The number of carbonyl (C=O) groups is 4. The first-order chi connectivity index (χ1) is 20.9. The van der Waals surface area contributed by atoms with Gasteiger partial charge in [0.05, 0.1) is 10.8 Å². The van der Waals surface area contributed by atoms with Crippen LogP contribution in [0.5, 0.6) is 0 Å². The van der Waals surface area contributed by atoms with Crippen molar-refractivity contribution in [3.8, 4) is 0 Å². The van der Waals surface area contributed by atoms with E-state index in [2.05, 4.69) is 10.3 Å². The maximum absolute atomic E-state index is 13.0. The van der Waals surface area contributed by atoms with Crippen LogP contribution in [0.4, 0.5) is 0 Å². The van der Waals surface area contributed by atoms with Crippen molar-refractivity contribution >= 4 is 88.2 Å². The SMILES string of the molecule is NC(N)=N[C@@H](CCC[n+]1ccc(SCC2=C(C(=O)O)N3C(=O)[C@@H](NC(=O)CSc4cc(Cl)ccc4Cl)[C@H]3SC2)cc1)C(=O)O. The fourth-order valence-corrected chi connectivity index (χ4v) is 8.16. The lowest BCUT2D eigenvalue weighted by atomic mass is 10.0. The lowest BCUT2D eigenvalue weighted by Crippen LogP contribution is -2.70. The monoisotopic (exact) mass is 699 g/mol. The number of thioether (sulfide) groups is 3. The zero-order valence-corrected chi connectivity index (χ0v) is 27.0. The standard InChI is InChI=1S/C27H28Cl2N6O6S3/c28-15-3-4-17(29)19(10-15)43-13-20(36)33-21-23(37)35-22(26(40)41)14(12-44-24(21)35)11-42-16-5-8-34(9-6-16)7-1-2-18(25(38)39)32-27(30)31/h3-6,8-10,18,21,24H,1-2,7,11-13H2,(H6-,30,31,32,33,36,38,39,40,41)/p+1/t18-,21+,24+/m0/s1. The summed E-state index contributed by atoms with van der Waals surface area (Å²) in [4.78, 5) is 55.6. The van der Waals surface area contributed by atoms with Crippen LogP contribution in [-0.4, -0.2) is 79.5 Å². The molecule has 1 aromatic heterocycles. The first-order valence-corrected chi connectivity index (χ1v) is 16.9. The van der Waals surface area contributed by atoms with Gasteiger partial charge in [0.1, 0.15) is 23.7 Å². The second-order valence-electron chi connectivity index (χ2n) is 9.69. The Labute approximate surface area is 275 Å². The molecule has 0 unspecified atom stereocenters. The molecule has 1 aromatic carbocycles. The van der Waals surface area contributed by atoms with Crippen LogP contribution in [0.2, 0.25) is 10.0 Å². The second-order valence-corrected chi connectivity index (χ2v) is 13.7. The van der Waals surface area contributed by atoms with Crippen LogP contribution in [0.25, 0.3) is 0 Å². The van der Waals surface area contributed by atoms with E-state index in [4.69, 9.17) is 34.7 Å². The number of pyridine rings is 1. The Morgan fingerprint density at radius 3 is 2.55 bits per heavy atom. The summed E-state index contributed by atoms with van der Waals surface area (Å²) in [5.74, 6) is -2.61. The molecule has 44 heavy (non-hydrogen) atoms. The molecule has 3 atom stereocenters. The van der Waals surface area contributed by atoms with Crippen molar-refractivity contribution in [1.82, 2.24) is 10.2 Å². The fraction of sp³-hybridized carbons (Fsp3) is 0.333. The van der Waals surface area contributed by atoms with Crippen molar-refractivity contribution in [2.24, 2.45) is 16.5 Å². The summed E-state index contributed by atoms with van der Waals surface area (Å²) in [7, 11) is 0. The van der Waals surface area contributed by atoms with Gasteiger partial charge in [0.2, 0.25) is 5.91 Å². The van der Waals surface area contributed by atoms with E-state index in [9.17, 15) is 29.4 Å². The molecule has 1 fully saturated rings. The average Bonchev–Trinajstić information content (AvgIpc) is 2.98. The van der Waals surface area contributed by atoms with Crippen molar-refractivity contribution in [2.45, 2.75) is 46.6 Å². The van der Waals surface area contributed by atoms with Gasteiger partial charge in [0.15, 0.2) is 24.4 Å². The molecule has 17 heteroatoms. The zero-order valence-electron chi connectivity index (χ0n) is 23.0. The molecule has 0 radical (unpaired) electrons. The average molecular weight is 701 g/mol. The Bertz CT molecular complexity index is 1510. The maximum Gasteiger partial charge on any atom is 0.352 e. The van der Waals surface area contributed by atoms with Crippen LogP contribution in [0, 0.1) is 0 Å². The number of carbonyl (C=O) groups excluding carboxylic acids is 2. The number of hydrogen-bond acceptors (Lipinski definition) is 8. The van der Waals surface area contributed by atoms with Crippen molar-refractivity contribution in [1.29, 1.82) is 0 Å².